The van der Waals surface area contributed by atoms with E-state index in [2.05, 4.69) is 16.0 Å². The number of aryl methyl sites for hydroxylation is 1. The van der Waals surface area contributed by atoms with Crippen molar-refractivity contribution in [2.45, 2.75) is 38.9 Å². The van der Waals surface area contributed by atoms with Crippen LogP contribution in [0.4, 0.5) is 5.69 Å². The lowest BCUT2D eigenvalue weighted by molar-refractivity contribution is -0.136. The van der Waals surface area contributed by atoms with Crippen molar-refractivity contribution < 1.29 is 14.4 Å². The molecule has 1 saturated heterocycles. The Morgan fingerprint density at radius 3 is 2.83 bits per heavy atom. The molecule has 2 aliphatic rings. The molecule has 156 valence electrons. The highest BCUT2D eigenvalue weighted by Gasteiger charge is 2.40. The SMILES string of the molecule is Cc1ccc(NC(=S)NCc2cc3c(s2)C(=O)N(C2CCC(=O)NC2=O)C3)c(Cl)c1. The number of anilines is 1. The molecule has 1 aromatic heterocycles. The lowest BCUT2D eigenvalue weighted by Gasteiger charge is -2.29. The number of thiophene rings is 1. The lowest BCUT2D eigenvalue weighted by Crippen LogP contribution is -2.52. The van der Waals surface area contributed by atoms with E-state index in [0.29, 0.717) is 34.5 Å². The van der Waals surface area contributed by atoms with E-state index < -0.39 is 11.9 Å². The van der Waals surface area contributed by atoms with Gasteiger partial charge < -0.3 is 15.5 Å². The highest BCUT2D eigenvalue weighted by molar-refractivity contribution is 7.80. The summed E-state index contributed by atoms with van der Waals surface area (Å²) < 4.78 is 0. The Labute approximate surface area is 187 Å². The second-order valence-corrected chi connectivity index (χ2v) is 9.21. The third kappa shape index (κ3) is 4.19. The molecule has 3 amide bonds. The molecule has 3 N–H and O–H groups in total. The molecule has 4 rings (SSSR count). The molecule has 1 unspecified atom stereocenters. The van der Waals surface area contributed by atoms with E-state index in [4.69, 9.17) is 23.8 Å². The lowest BCUT2D eigenvalue weighted by atomic mass is 10.0. The van der Waals surface area contributed by atoms with Gasteiger partial charge in [-0.15, -0.1) is 11.3 Å². The number of thiocarbonyl (C=S) groups is 1. The first kappa shape index (κ1) is 20.8. The molecule has 1 fully saturated rings. The van der Waals surface area contributed by atoms with Gasteiger partial charge in [-0.2, -0.15) is 0 Å². The van der Waals surface area contributed by atoms with Crippen molar-refractivity contribution in [3.8, 4) is 0 Å². The Morgan fingerprint density at radius 1 is 1.33 bits per heavy atom. The summed E-state index contributed by atoms with van der Waals surface area (Å²) in [5.41, 5.74) is 2.68. The number of fused-ring (bicyclic) bond motifs is 1. The van der Waals surface area contributed by atoms with Crippen LogP contribution < -0.4 is 16.0 Å². The highest BCUT2D eigenvalue weighted by atomic mass is 35.5. The van der Waals surface area contributed by atoms with Crippen LogP contribution in [0.25, 0.3) is 0 Å². The van der Waals surface area contributed by atoms with Crippen molar-refractivity contribution in [3.63, 3.8) is 0 Å². The molecular weight excluding hydrogens is 444 g/mol. The number of hydrogen-bond donors (Lipinski definition) is 3. The second kappa shape index (κ2) is 8.33. The molecule has 3 heterocycles. The summed E-state index contributed by atoms with van der Waals surface area (Å²) in [6, 6.07) is 7.04. The summed E-state index contributed by atoms with van der Waals surface area (Å²) in [6.07, 6.45) is 0.611. The number of carbonyl (C=O) groups excluding carboxylic acids is 3. The molecule has 1 atom stereocenters. The first-order valence-corrected chi connectivity index (χ1v) is 11.0. The van der Waals surface area contributed by atoms with E-state index in [1.54, 1.807) is 4.90 Å². The Morgan fingerprint density at radius 2 is 2.13 bits per heavy atom. The molecule has 0 bridgehead atoms. The molecule has 2 aromatic rings. The van der Waals surface area contributed by atoms with Crippen LogP contribution >= 0.6 is 35.2 Å². The number of amides is 3. The van der Waals surface area contributed by atoms with Crippen LogP contribution in [-0.2, 0) is 22.7 Å². The minimum Gasteiger partial charge on any atom is -0.358 e. The zero-order valence-electron chi connectivity index (χ0n) is 16.1. The molecule has 0 radical (unpaired) electrons. The predicted octanol–water partition coefficient (Wildman–Crippen LogP) is 2.96. The Balaban J connectivity index is 1.35. The van der Waals surface area contributed by atoms with Gasteiger partial charge >= 0.3 is 0 Å². The normalized spacial score (nSPS) is 18.3. The molecule has 1 aromatic carbocycles. The Kier molecular flexibility index (Phi) is 5.77. The van der Waals surface area contributed by atoms with Crippen LogP contribution in [0, 0.1) is 6.92 Å². The number of imide groups is 1. The number of nitrogens with one attached hydrogen (secondary N) is 3. The van der Waals surface area contributed by atoms with E-state index in [1.807, 2.05) is 31.2 Å². The molecule has 0 aliphatic carbocycles. The fourth-order valence-electron chi connectivity index (χ4n) is 3.54. The van der Waals surface area contributed by atoms with Gasteiger partial charge in [0.2, 0.25) is 11.8 Å². The molecule has 10 heteroatoms. The van der Waals surface area contributed by atoms with E-state index >= 15 is 0 Å². The predicted molar refractivity (Wildman–Crippen MR) is 120 cm³/mol. The topological polar surface area (TPSA) is 90.5 Å². The van der Waals surface area contributed by atoms with Crippen molar-refractivity contribution in [2.75, 3.05) is 5.32 Å². The average Bonchev–Trinajstić information content (AvgIpc) is 3.22. The van der Waals surface area contributed by atoms with Gasteiger partial charge in [-0.1, -0.05) is 17.7 Å². The van der Waals surface area contributed by atoms with Gasteiger partial charge in [0.1, 0.15) is 6.04 Å². The van der Waals surface area contributed by atoms with Crippen molar-refractivity contribution in [1.29, 1.82) is 0 Å². The molecule has 2 aliphatic heterocycles. The quantitative estimate of drug-likeness (QED) is 0.478. The van der Waals surface area contributed by atoms with E-state index in [1.165, 1.54) is 11.3 Å². The van der Waals surface area contributed by atoms with Crippen LogP contribution in [0.15, 0.2) is 24.3 Å². The maximum atomic E-state index is 12.8. The summed E-state index contributed by atoms with van der Waals surface area (Å²) in [5.74, 6) is -0.853. The summed E-state index contributed by atoms with van der Waals surface area (Å²) >= 11 is 12.9. The van der Waals surface area contributed by atoms with Crippen LogP contribution in [0.5, 0.6) is 0 Å². The van der Waals surface area contributed by atoms with Crippen molar-refractivity contribution in [1.82, 2.24) is 15.5 Å². The summed E-state index contributed by atoms with van der Waals surface area (Å²) in [5, 5.41) is 9.53. The minimum absolute atomic E-state index is 0.164. The second-order valence-electron chi connectivity index (χ2n) is 7.26. The molecular formula is C20H19ClN4O3S2. The van der Waals surface area contributed by atoms with Gasteiger partial charge in [0.05, 0.1) is 22.1 Å². The van der Waals surface area contributed by atoms with Crippen molar-refractivity contribution in [3.05, 3.63) is 50.2 Å². The fraction of sp³-hybridized carbons (Fsp3) is 0.300. The van der Waals surface area contributed by atoms with Crippen molar-refractivity contribution in [2.24, 2.45) is 0 Å². The van der Waals surface area contributed by atoms with Gasteiger partial charge in [0.25, 0.3) is 5.91 Å². The molecule has 0 spiro atoms. The number of halogens is 1. The van der Waals surface area contributed by atoms with E-state index in [0.717, 1.165) is 21.7 Å². The monoisotopic (exact) mass is 462 g/mol. The number of piperidine rings is 1. The number of hydrogen-bond acceptors (Lipinski definition) is 5. The average molecular weight is 463 g/mol. The summed E-state index contributed by atoms with van der Waals surface area (Å²) in [7, 11) is 0. The van der Waals surface area contributed by atoms with Crippen LogP contribution in [-0.4, -0.2) is 33.8 Å². The van der Waals surface area contributed by atoms with E-state index in [-0.39, 0.29) is 18.2 Å². The molecule has 0 saturated carbocycles. The Hall–Kier alpha value is -2.49. The maximum absolute atomic E-state index is 12.8. The van der Waals surface area contributed by atoms with Gasteiger partial charge in [-0.3, -0.25) is 19.7 Å². The number of benzene rings is 1. The zero-order chi connectivity index (χ0) is 21.4. The van der Waals surface area contributed by atoms with Gasteiger partial charge in [-0.25, -0.2) is 0 Å². The number of nitrogens with zero attached hydrogens (tertiary/aromatic N) is 1. The maximum Gasteiger partial charge on any atom is 0.265 e. The van der Waals surface area contributed by atoms with Crippen LogP contribution in [0.1, 0.15) is 38.5 Å². The van der Waals surface area contributed by atoms with Gasteiger partial charge in [0.15, 0.2) is 5.11 Å². The fourth-order valence-corrected chi connectivity index (χ4v) is 5.08. The largest absolute Gasteiger partial charge is 0.358 e. The van der Waals surface area contributed by atoms with E-state index in [9.17, 15) is 14.4 Å². The zero-order valence-corrected chi connectivity index (χ0v) is 18.5. The third-order valence-corrected chi connectivity index (χ3v) is 6.76. The number of rotatable bonds is 4. The smallest absolute Gasteiger partial charge is 0.265 e. The minimum atomic E-state index is -0.590. The number of carbonyl (C=O) groups is 3. The Bertz CT molecular complexity index is 1070. The molecule has 7 nitrogen and oxygen atoms in total. The van der Waals surface area contributed by atoms with Crippen LogP contribution in [0.3, 0.4) is 0 Å². The van der Waals surface area contributed by atoms with Crippen LogP contribution in [0.2, 0.25) is 5.02 Å². The first-order valence-electron chi connectivity index (χ1n) is 9.39. The first-order chi connectivity index (χ1) is 14.3. The standard InChI is InChI=1S/C20H19ClN4O3S2/c1-10-2-3-14(13(21)6-10)23-20(29)22-8-12-7-11-9-25(19(28)17(11)30-12)15-4-5-16(26)24-18(15)27/h2-3,6-7,15H,4-5,8-9H2,1H3,(H2,22,23,29)(H,24,26,27). The van der Waals surface area contributed by atoms with Gasteiger partial charge in [-0.05, 0) is 54.9 Å². The van der Waals surface area contributed by atoms with Gasteiger partial charge in [0, 0.05) is 17.8 Å². The summed E-state index contributed by atoms with van der Waals surface area (Å²) in [6.45, 7) is 2.81. The summed E-state index contributed by atoms with van der Waals surface area (Å²) in [4.78, 5) is 39.4. The highest BCUT2D eigenvalue weighted by Crippen LogP contribution is 2.33. The van der Waals surface area contributed by atoms with Crippen molar-refractivity contribution >= 4 is 63.7 Å². The third-order valence-electron chi connectivity index (χ3n) is 5.04. The molecule has 30 heavy (non-hydrogen) atoms.